The normalized spacial score (nSPS) is 14.0. The molecule has 0 saturated carbocycles. The summed E-state index contributed by atoms with van der Waals surface area (Å²) in [5, 5.41) is 0. The molecule has 0 N–H and O–H groups in total. The number of unbranched alkanes of at least 4 members (excludes halogenated alkanes) is 1. The highest BCUT2D eigenvalue weighted by Crippen LogP contribution is 2.25. The van der Waals surface area contributed by atoms with Crippen molar-refractivity contribution in [2.75, 3.05) is 6.54 Å². The molecule has 1 aliphatic heterocycles. The maximum atomic E-state index is 12.5. The molecule has 3 rings (SSSR count). The molecule has 6 heteroatoms. The molecule has 2 amide bonds. The molecular weight excluding hydrogens is 370 g/mol. The fourth-order valence-corrected chi connectivity index (χ4v) is 3.17. The van der Waals surface area contributed by atoms with Crippen molar-refractivity contribution in [3.8, 4) is 0 Å². The number of hydrogen-bond donors (Lipinski definition) is 0. The van der Waals surface area contributed by atoms with Gasteiger partial charge in [-0.05, 0) is 38.5 Å². The first-order chi connectivity index (χ1) is 13.8. The molecule has 0 saturated heterocycles. The van der Waals surface area contributed by atoms with Gasteiger partial charge in [0.25, 0.3) is 11.8 Å². The van der Waals surface area contributed by atoms with Crippen LogP contribution in [0, 0.1) is 6.92 Å². The van der Waals surface area contributed by atoms with E-state index in [0.29, 0.717) is 12.1 Å². The monoisotopic (exact) mass is 393 g/mol. The Bertz CT molecular complexity index is 977. The van der Waals surface area contributed by atoms with Crippen LogP contribution in [0.25, 0.3) is 0 Å². The number of ketones is 1. The van der Waals surface area contributed by atoms with Gasteiger partial charge in [0.15, 0.2) is 6.10 Å². The van der Waals surface area contributed by atoms with E-state index in [0.717, 1.165) is 18.4 Å². The Kier molecular flexibility index (Phi) is 5.92. The summed E-state index contributed by atoms with van der Waals surface area (Å²) in [6, 6.07) is 11.3. The lowest BCUT2D eigenvalue weighted by Crippen LogP contribution is -2.30. The molecule has 2 aromatic rings. The Hall–Kier alpha value is -3.28. The lowest BCUT2D eigenvalue weighted by molar-refractivity contribution is 0.0318. The molecule has 0 bridgehead atoms. The molecule has 1 aliphatic rings. The summed E-state index contributed by atoms with van der Waals surface area (Å²) in [6.45, 7) is 5.76. The first kappa shape index (κ1) is 20.5. The number of amides is 2. The van der Waals surface area contributed by atoms with Crippen LogP contribution < -0.4 is 0 Å². The van der Waals surface area contributed by atoms with E-state index in [4.69, 9.17) is 4.74 Å². The fraction of sp³-hybridized carbons (Fsp3) is 0.304. The number of imide groups is 1. The van der Waals surface area contributed by atoms with Crippen LogP contribution >= 0.6 is 0 Å². The van der Waals surface area contributed by atoms with Crippen molar-refractivity contribution in [1.29, 1.82) is 0 Å². The van der Waals surface area contributed by atoms with E-state index in [9.17, 15) is 19.2 Å². The average molecular weight is 393 g/mol. The number of carbonyl (C=O) groups excluding carboxylic acids is 4. The standard InChI is InChI=1S/C23H23NO5/c1-4-5-12-24-21(26)18-11-10-17(13-19(18)22(24)27)23(28)29-15(3)20(25)16-8-6-14(2)7-9-16/h6-11,13,15H,4-5,12H2,1-3H3. The first-order valence-electron chi connectivity index (χ1n) is 9.65. The van der Waals surface area contributed by atoms with E-state index in [1.165, 1.54) is 30.0 Å². The van der Waals surface area contributed by atoms with Gasteiger partial charge in [-0.3, -0.25) is 19.3 Å². The second kappa shape index (κ2) is 8.39. The largest absolute Gasteiger partial charge is 0.451 e. The van der Waals surface area contributed by atoms with E-state index in [1.54, 1.807) is 12.1 Å². The number of benzene rings is 2. The van der Waals surface area contributed by atoms with Gasteiger partial charge in [0.1, 0.15) is 0 Å². The number of nitrogens with zero attached hydrogens (tertiary/aromatic N) is 1. The van der Waals surface area contributed by atoms with Crippen LogP contribution in [0.4, 0.5) is 0 Å². The minimum absolute atomic E-state index is 0.130. The third kappa shape index (κ3) is 4.11. The topological polar surface area (TPSA) is 80.8 Å². The van der Waals surface area contributed by atoms with Crippen LogP contribution in [0.15, 0.2) is 42.5 Å². The minimum Gasteiger partial charge on any atom is -0.451 e. The molecule has 1 unspecified atom stereocenters. The highest BCUT2D eigenvalue weighted by Gasteiger charge is 2.35. The maximum Gasteiger partial charge on any atom is 0.338 e. The third-order valence-corrected chi connectivity index (χ3v) is 4.93. The minimum atomic E-state index is -0.975. The molecule has 29 heavy (non-hydrogen) atoms. The number of hydrogen-bond acceptors (Lipinski definition) is 5. The Morgan fingerprint density at radius 1 is 0.966 bits per heavy atom. The number of aryl methyl sites for hydroxylation is 1. The number of esters is 1. The third-order valence-electron chi connectivity index (χ3n) is 4.93. The summed E-state index contributed by atoms with van der Waals surface area (Å²) < 4.78 is 5.30. The quantitative estimate of drug-likeness (QED) is 0.406. The van der Waals surface area contributed by atoms with Gasteiger partial charge >= 0.3 is 5.97 Å². The van der Waals surface area contributed by atoms with Crippen LogP contribution in [0.3, 0.4) is 0 Å². The Labute approximate surface area is 169 Å². The van der Waals surface area contributed by atoms with E-state index < -0.39 is 18.0 Å². The van der Waals surface area contributed by atoms with Gasteiger partial charge in [-0.15, -0.1) is 0 Å². The number of ether oxygens (including phenoxy) is 1. The van der Waals surface area contributed by atoms with Gasteiger partial charge in [0, 0.05) is 12.1 Å². The maximum absolute atomic E-state index is 12.5. The van der Waals surface area contributed by atoms with Crippen molar-refractivity contribution in [1.82, 2.24) is 4.90 Å². The number of rotatable bonds is 7. The van der Waals surface area contributed by atoms with Crippen molar-refractivity contribution in [2.24, 2.45) is 0 Å². The molecule has 0 fully saturated rings. The SMILES string of the molecule is CCCCN1C(=O)c2ccc(C(=O)OC(C)C(=O)c3ccc(C)cc3)cc2C1=O. The first-order valence-corrected chi connectivity index (χ1v) is 9.65. The molecule has 1 heterocycles. The zero-order valence-corrected chi connectivity index (χ0v) is 16.7. The Morgan fingerprint density at radius 2 is 1.59 bits per heavy atom. The van der Waals surface area contributed by atoms with Gasteiger partial charge in [-0.2, -0.15) is 0 Å². The number of Topliss-reactive ketones (excluding diaryl/α,β-unsaturated/α-hetero) is 1. The van der Waals surface area contributed by atoms with E-state index in [-0.39, 0.29) is 28.4 Å². The highest BCUT2D eigenvalue weighted by atomic mass is 16.5. The zero-order chi connectivity index (χ0) is 21.1. The molecule has 2 aromatic carbocycles. The van der Waals surface area contributed by atoms with Crippen molar-refractivity contribution in [3.63, 3.8) is 0 Å². The van der Waals surface area contributed by atoms with Crippen LogP contribution in [0.2, 0.25) is 0 Å². The predicted octanol–water partition coefficient (Wildman–Crippen LogP) is 3.82. The summed E-state index contributed by atoms with van der Waals surface area (Å²) in [7, 11) is 0. The average Bonchev–Trinajstić information content (AvgIpc) is 2.96. The van der Waals surface area contributed by atoms with Crippen molar-refractivity contribution in [2.45, 2.75) is 39.7 Å². The highest BCUT2D eigenvalue weighted by molar-refractivity contribution is 6.22. The van der Waals surface area contributed by atoms with Crippen LogP contribution in [-0.2, 0) is 4.74 Å². The van der Waals surface area contributed by atoms with E-state index in [2.05, 4.69) is 0 Å². The summed E-state index contributed by atoms with van der Waals surface area (Å²) in [6.07, 6.45) is 0.605. The van der Waals surface area contributed by atoms with Crippen molar-refractivity contribution in [3.05, 3.63) is 70.3 Å². The van der Waals surface area contributed by atoms with Gasteiger partial charge < -0.3 is 4.74 Å². The van der Waals surface area contributed by atoms with Crippen molar-refractivity contribution < 1.29 is 23.9 Å². The fourth-order valence-electron chi connectivity index (χ4n) is 3.17. The second-order valence-electron chi connectivity index (χ2n) is 7.15. The lowest BCUT2D eigenvalue weighted by atomic mass is 10.0. The zero-order valence-electron chi connectivity index (χ0n) is 16.7. The summed E-state index contributed by atoms with van der Waals surface area (Å²) >= 11 is 0. The summed E-state index contributed by atoms with van der Waals surface area (Å²) in [4.78, 5) is 51.1. The smallest absolute Gasteiger partial charge is 0.338 e. The van der Waals surface area contributed by atoms with Crippen LogP contribution in [-0.4, -0.2) is 41.1 Å². The number of carbonyl (C=O) groups is 4. The molecule has 0 aromatic heterocycles. The molecule has 0 radical (unpaired) electrons. The summed E-state index contributed by atoms with van der Waals surface area (Å²) in [5.74, 6) is -1.78. The molecular formula is C23H23NO5. The van der Waals surface area contributed by atoms with Crippen LogP contribution in [0.5, 0.6) is 0 Å². The number of fused-ring (bicyclic) bond motifs is 1. The van der Waals surface area contributed by atoms with E-state index >= 15 is 0 Å². The van der Waals surface area contributed by atoms with Crippen LogP contribution in [0.1, 0.15) is 73.7 Å². The molecule has 0 aliphatic carbocycles. The Morgan fingerprint density at radius 3 is 2.24 bits per heavy atom. The molecule has 150 valence electrons. The Balaban J connectivity index is 1.74. The van der Waals surface area contributed by atoms with Gasteiger partial charge in [0.2, 0.25) is 5.78 Å². The van der Waals surface area contributed by atoms with Gasteiger partial charge in [0.05, 0.1) is 16.7 Å². The summed E-state index contributed by atoms with van der Waals surface area (Å²) in [5.41, 5.74) is 2.09. The molecule has 0 spiro atoms. The predicted molar refractivity (Wildman–Crippen MR) is 107 cm³/mol. The second-order valence-corrected chi connectivity index (χ2v) is 7.15. The molecule has 6 nitrogen and oxygen atoms in total. The lowest BCUT2D eigenvalue weighted by Gasteiger charge is -2.13. The molecule has 1 atom stereocenters. The van der Waals surface area contributed by atoms with Gasteiger partial charge in [-0.1, -0.05) is 43.2 Å². The van der Waals surface area contributed by atoms with E-state index in [1.807, 2.05) is 26.0 Å². The van der Waals surface area contributed by atoms with Crippen molar-refractivity contribution >= 4 is 23.6 Å². The van der Waals surface area contributed by atoms with Gasteiger partial charge in [-0.25, -0.2) is 4.79 Å².